The van der Waals surface area contributed by atoms with Gasteiger partial charge >= 0.3 is 17.9 Å². The predicted molar refractivity (Wildman–Crippen MR) is 321 cm³/mol. The van der Waals surface area contributed by atoms with Crippen LogP contribution in [0.15, 0.2) is 24.3 Å². The highest BCUT2D eigenvalue weighted by Crippen LogP contribution is 2.18. The van der Waals surface area contributed by atoms with Gasteiger partial charge in [-0.1, -0.05) is 328 Å². The smallest absolute Gasteiger partial charge is 0.306 e. The monoisotopic (exact) mass is 1040 g/mol. The zero-order chi connectivity index (χ0) is 53.6. The van der Waals surface area contributed by atoms with Gasteiger partial charge in [0, 0.05) is 19.3 Å². The molecule has 436 valence electrons. The Hall–Kier alpha value is -2.11. The van der Waals surface area contributed by atoms with Crippen LogP contribution < -0.4 is 0 Å². The summed E-state index contributed by atoms with van der Waals surface area (Å²) in [5.74, 6) is -0.839. The largest absolute Gasteiger partial charge is 0.462 e. The Morgan fingerprint density at radius 3 is 0.743 bits per heavy atom. The van der Waals surface area contributed by atoms with E-state index in [2.05, 4.69) is 45.1 Å². The molecule has 0 heterocycles. The van der Waals surface area contributed by atoms with Crippen LogP contribution in [0.25, 0.3) is 0 Å². The summed E-state index contributed by atoms with van der Waals surface area (Å²) in [4.78, 5) is 38.4. The van der Waals surface area contributed by atoms with Gasteiger partial charge in [0.25, 0.3) is 0 Å². The first kappa shape index (κ1) is 71.9. The molecule has 0 bridgehead atoms. The molecule has 0 N–H and O–H groups in total. The van der Waals surface area contributed by atoms with E-state index in [0.29, 0.717) is 19.3 Å². The molecular weight excluding hydrogens is 913 g/mol. The molecule has 74 heavy (non-hydrogen) atoms. The van der Waals surface area contributed by atoms with Crippen molar-refractivity contribution in [3.63, 3.8) is 0 Å². The highest BCUT2D eigenvalue weighted by molar-refractivity contribution is 5.71. The molecular formula is C68H128O6. The third kappa shape index (κ3) is 60.8. The van der Waals surface area contributed by atoms with Crippen molar-refractivity contribution in [3.8, 4) is 0 Å². The number of esters is 3. The second kappa shape index (κ2) is 63.4. The van der Waals surface area contributed by atoms with E-state index in [0.717, 1.165) is 64.2 Å². The van der Waals surface area contributed by atoms with E-state index < -0.39 is 6.10 Å². The number of hydrogen-bond donors (Lipinski definition) is 0. The minimum absolute atomic E-state index is 0.0659. The van der Waals surface area contributed by atoms with Crippen LogP contribution in [0.1, 0.15) is 374 Å². The maximum Gasteiger partial charge on any atom is 0.306 e. The maximum atomic E-state index is 12.9. The third-order valence-corrected chi connectivity index (χ3v) is 15.2. The minimum atomic E-state index is -0.769. The second-order valence-corrected chi connectivity index (χ2v) is 22.7. The molecule has 0 aromatic carbocycles. The lowest BCUT2D eigenvalue weighted by Gasteiger charge is -2.18. The van der Waals surface area contributed by atoms with Crippen molar-refractivity contribution >= 4 is 17.9 Å². The molecule has 0 aliphatic carbocycles. The van der Waals surface area contributed by atoms with Crippen molar-refractivity contribution < 1.29 is 28.6 Å². The summed E-state index contributed by atoms with van der Waals surface area (Å²) in [6.07, 6.45) is 76.1. The lowest BCUT2D eigenvalue weighted by Crippen LogP contribution is -2.30. The normalized spacial score (nSPS) is 12.1. The van der Waals surface area contributed by atoms with Crippen molar-refractivity contribution in [2.45, 2.75) is 380 Å². The molecule has 1 atom stereocenters. The van der Waals surface area contributed by atoms with Crippen LogP contribution in [0.3, 0.4) is 0 Å². The molecule has 0 aliphatic heterocycles. The van der Waals surface area contributed by atoms with Crippen molar-refractivity contribution in [1.82, 2.24) is 0 Å². The summed E-state index contributed by atoms with van der Waals surface area (Å²) < 4.78 is 17.0. The fourth-order valence-electron chi connectivity index (χ4n) is 10.2. The average molecular weight is 1040 g/mol. The van der Waals surface area contributed by atoms with Crippen molar-refractivity contribution in [2.75, 3.05) is 13.2 Å². The molecule has 6 heteroatoms. The van der Waals surface area contributed by atoms with E-state index in [1.54, 1.807) is 0 Å². The van der Waals surface area contributed by atoms with Crippen LogP contribution >= 0.6 is 0 Å². The molecule has 0 spiro atoms. The fraction of sp³-hybridized carbons (Fsp3) is 0.897. The Kier molecular flexibility index (Phi) is 61.6. The first-order valence-corrected chi connectivity index (χ1v) is 33.3. The Labute approximate surface area is 462 Å². The van der Waals surface area contributed by atoms with Gasteiger partial charge in [0.05, 0.1) is 0 Å². The van der Waals surface area contributed by atoms with E-state index in [-0.39, 0.29) is 31.1 Å². The molecule has 0 aromatic rings. The van der Waals surface area contributed by atoms with Gasteiger partial charge in [0.2, 0.25) is 0 Å². The topological polar surface area (TPSA) is 78.9 Å². The van der Waals surface area contributed by atoms with Gasteiger partial charge < -0.3 is 14.2 Å². The van der Waals surface area contributed by atoms with Gasteiger partial charge in [-0.05, 0) is 51.4 Å². The lowest BCUT2D eigenvalue weighted by atomic mass is 10.0. The van der Waals surface area contributed by atoms with Crippen LogP contribution in [0, 0.1) is 0 Å². The first-order valence-electron chi connectivity index (χ1n) is 33.3. The van der Waals surface area contributed by atoms with Gasteiger partial charge in [-0.2, -0.15) is 0 Å². The second-order valence-electron chi connectivity index (χ2n) is 22.7. The summed E-state index contributed by atoms with van der Waals surface area (Å²) >= 11 is 0. The number of ether oxygens (including phenoxy) is 3. The van der Waals surface area contributed by atoms with E-state index in [4.69, 9.17) is 14.2 Å². The van der Waals surface area contributed by atoms with Crippen molar-refractivity contribution in [2.24, 2.45) is 0 Å². The molecule has 0 aromatic heterocycles. The van der Waals surface area contributed by atoms with E-state index in [1.807, 2.05) is 0 Å². The van der Waals surface area contributed by atoms with Crippen LogP contribution in [0.4, 0.5) is 0 Å². The summed E-state index contributed by atoms with van der Waals surface area (Å²) in [5.41, 5.74) is 0. The van der Waals surface area contributed by atoms with E-state index in [9.17, 15) is 14.4 Å². The van der Waals surface area contributed by atoms with Gasteiger partial charge in [-0.25, -0.2) is 0 Å². The predicted octanol–water partition coefficient (Wildman–Crippen LogP) is 22.6. The third-order valence-electron chi connectivity index (χ3n) is 15.2. The average Bonchev–Trinajstić information content (AvgIpc) is 3.40. The zero-order valence-corrected chi connectivity index (χ0v) is 50.1. The summed E-state index contributed by atoms with van der Waals surface area (Å²) in [6.45, 7) is 6.71. The van der Waals surface area contributed by atoms with Crippen LogP contribution in [-0.4, -0.2) is 37.2 Å². The number of rotatable bonds is 62. The van der Waals surface area contributed by atoms with E-state index in [1.165, 1.54) is 270 Å². The molecule has 1 unspecified atom stereocenters. The Bertz CT molecular complexity index is 1190. The Balaban J connectivity index is 4.31. The molecule has 0 saturated carbocycles. The van der Waals surface area contributed by atoms with Gasteiger partial charge in [-0.15, -0.1) is 0 Å². The van der Waals surface area contributed by atoms with Gasteiger partial charge in [0.1, 0.15) is 13.2 Å². The molecule has 0 radical (unpaired) electrons. The Morgan fingerprint density at radius 1 is 0.270 bits per heavy atom. The van der Waals surface area contributed by atoms with Gasteiger partial charge in [-0.3, -0.25) is 14.4 Å². The zero-order valence-electron chi connectivity index (χ0n) is 50.1. The molecule has 0 fully saturated rings. The standard InChI is InChI=1S/C68H128O6/c1-4-7-10-13-16-19-22-25-28-31-33-34-36-37-40-43-46-49-52-55-58-61-67(70)73-64-65(63-72-66(69)60-57-54-51-48-45-42-39-30-27-24-21-18-15-12-9-6-3)74-68(71)62-59-56-53-50-47-44-41-38-35-32-29-26-23-20-17-14-11-8-5-2/h22,25,31,33,65H,4-21,23-24,26-30,32,34-64H2,1-3H3/b25-22-,33-31-. The summed E-state index contributed by atoms with van der Waals surface area (Å²) in [5, 5.41) is 0. The number of unbranched alkanes of at least 4 members (excludes halogenated alkanes) is 47. The summed E-state index contributed by atoms with van der Waals surface area (Å²) in [6, 6.07) is 0. The van der Waals surface area contributed by atoms with Crippen molar-refractivity contribution in [1.29, 1.82) is 0 Å². The van der Waals surface area contributed by atoms with E-state index >= 15 is 0 Å². The first-order chi connectivity index (χ1) is 36.5. The molecule has 0 saturated heterocycles. The summed E-state index contributed by atoms with van der Waals surface area (Å²) in [7, 11) is 0. The van der Waals surface area contributed by atoms with Crippen LogP contribution in [0.2, 0.25) is 0 Å². The van der Waals surface area contributed by atoms with Gasteiger partial charge in [0.15, 0.2) is 6.10 Å². The number of carbonyl (C=O) groups excluding carboxylic acids is 3. The molecule has 0 rings (SSSR count). The number of allylic oxidation sites excluding steroid dienone is 4. The number of carbonyl (C=O) groups is 3. The highest BCUT2D eigenvalue weighted by atomic mass is 16.6. The number of hydrogen-bond acceptors (Lipinski definition) is 6. The quantitative estimate of drug-likeness (QED) is 0.0261. The maximum absolute atomic E-state index is 12.9. The van der Waals surface area contributed by atoms with Crippen molar-refractivity contribution in [3.05, 3.63) is 24.3 Å². The fourth-order valence-corrected chi connectivity index (χ4v) is 10.2. The highest BCUT2D eigenvalue weighted by Gasteiger charge is 2.19. The minimum Gasteiger partial charge on any atom is -0.462 e. The Morgan fingerprint density at radius 2 is 0.486 bits per heavy atom. The van der Waals surface area contributed by atoms with Crippen LogP contribution in [-0.2, 0) is 28.6 Å². The molecule has 0 amide bonds. The van der Waals surface area contributed by atoms with Crippen LogP contribution in [0.5, 0.6) is 0 Å². The molecule has 6 nitrogen and oxygen atoms in total. The lowest BCUT2D eigenvalue weighted by molar-refractivity contribution is -0.167. The SMILES string of the molecule is CCCCCCC/C=C\C/C=C\CCCCCCCCCCCC(=O)OCC(COC(=O)CCCCCCCCCCCCCCCCCC)OC(=O)CCCCCCCCCCCCCCCCCCCCC. The molecule has 0 aliphatic rings.